The molecule has 6 nitrogen and oxygen atoms in total. The molecule has 0 unspecified atom stereocenters. The molecule has 1 N–H and O–H groups in total. The third-order valence-corrected chi connectivity index (χ3v) is 6.44. The first-order chi connectivity index (χ1) is 14.5. The van der Waals surface area contributed by atoms with Gasteiger partial charge in [-0.25, -0.2) is 0 Å². The highest BCUT2D eigenvalue weighted by molar-refractivity contribution is 5.94. The molecule has 2 saturated heterocycles. The molecule has 1 aromatic carbocycles. The molecule has 2 fully saturated rings. The number of hydrogen-bond donors (Lipinski definition) is 1. The van der Waals surface area contributed by atoms with Crippen molar-refractivity contribution in [2.24, 2.45) is 0 Å². The van der Waals surface area contributed by atoms with Crippen molar-refractivity contribution < 1.29 is 14.3 Å². The average Bonchev–Trinajstić information content (AvgIpc) is 3.17. The van der Waals surface area contributed by atoms with Crippen molar-refractivity contribution in [3.8, 4) is 0 Å². The van der Waals surface area contributed by atoms with Crippen molar-refractivity contribution in [1.82, 2.24) is 15.2 Å². The second-order valence-electron chi connectivity index (χ2n) is 8.48. The number of rotatable bonds is 4. The van der Waals surface area contributed by atoms with E-state index in [-0.39, 0.29) is 23.5 Å². The van der Waals surface area contributed by atoms with Gasteiger partial charge in [-0.1, -0.05) is 12.1 Å². The Hall–Kier alpha value is -2.73. The number of aryl methyl sites for hydroxylation is 2. The molecule has 2 aliphatic heterocycles. The molecule has 3 heterocycles. The van der Waals surface area contributed by atoms with E-state index in [0.29, 0.717) is 25.3 Å². The van der Waals surface area contributed by atoms with Crippen LogP contribution in [-0.2, 0) is 4.74 Å². The zero-order valence-electron chi connectivity index (χ0n) is 17.7. The summed E-state index contributed by atoms with van der Waals surface area (Å²) in [6.07, 6.45) is 5.21. The first-order valence-electron chi connectivity index (χ1n) is 10.7. The highest BCUT2D eigenvalue weighted by Crippen LogP contribution is 2.39. The number of likely N-dealkylation sites (tertiary alicyclic amines) is 1. The molecule has 2 amide bonds. The average molecular weight is 408 g/mol. The first-order valence-corrected chi connectivity index (χ1v) is 10.7. The quantitative estimate of drug-likeness (QED) is 0.844. The number of piperidine rings is 1. The van der Waals surface area contributed by atoms with Crippen LogP contribution in [0, 0.1) is 13.8 Å². The fourth-order valence-electron chi connectivity index (χ4n) is 4.38. The van der Waals surface area contributed by atoms with Gasteiger partial charge in [-0.2, -0.15) is 0 Å². The summed E-state index contributed by atoms with van der Waals surface area (Å²) in [4.78, 5) is 31.1. The summed E-state index contributed by atoms with van der Waals surface area (Å²) in [6.45, 7) is 6.00. The van der Waals surface area contributed by atoms with Gasteiger partial charge < -0.3 is 15.0 Å². The SMILES string of the molecule is Cc1ccc(C(=O)N2CCC3(CC[C@@H](CNC(=O)c4ccccn4)O3)CC2)cc1C. The predicted octanol–water partition coefficient (Wildman–Crippen LogP) is 3.28. The van der Waals surface area contributed by atoms with E-state index in [1.165, 1.54) is 5.56 Å². The molecule has 6 heteroatoms. The second-order valence-corrected chi connectivity index (χ2v) is 8.48. The van der Waals surface area contributed by atoms with Gasteiger partial charge in [-0.05, 0) is 74.9 Å². The summed E-state index contributed by atoms with van der Waals surface area (Å²) in [5.41, 5.74) is 3.36. The van der Waals surface area contributed by atoms with Gasteiger partial charge in [-0.15, -0.1) is 0 Å². The number of ether oxygens (including phenoxy) is 1. The molecule has 1 spiro atoms. The number of pyridine rings is 1. The molecular formula is C24H29N3O3. The summed E-state index contributed by atoms with van der Waals surface area (Å²) in [6, 6.07) is 11.2. The topological polar surface area (TPSA) is 71.5 Å². The Morgan fingerprint density at radius 1 is 1.13 bits per heavy atom. The maximum atomic E-state index is 12.9. The summed E-state index contributed by atoms with van der Waals surface area (Å²) < 4.78 is 6.37. The third-order valence-electron chi connectivity index (χ3n) is 6.44. The standard InChI is InChI=1S/C24H29N3O3/c1-17-6-7-19(15-18(17)2)23(29)27-13-10-24(11-14-27)9-8-20(30-24)16-26-22(28)21-5-3-4-12-25-21/h3-7,12,15,20H,8-11,13-14,16H2,1-2H3,(H,26,28)/t20-/m0/s1. The minimum absolute atomic E-state index is 0.0136. The van der Waals surface area contributed by atoms with Gasteiger partial charge in [-0.3, -0.25) is 14.6 Å². The van der Waals surface area contributed by atoms with Crippen molar-refractivity contribution in [1.29, 1.82) is 0 Å². The largest absolute Gasteiger partial charge is 0.370 e. The predicted molar refractivity (Wildman–Crippen MR) is 114 cm³/mol. The van der Waals surface area contributed by atoms with Gasteiger partial charge in [0.05, 0.1) is 11.7 Å². The fourth-order valence-corrected chi connectivity index (χ4v) is 4.38. The van der Waals surface area contributed by atoms with Crippen LogP contribution >= 0.6 is 0 Å². The van der Waals surface area contributed by atoms with E-state index in [1.54, 1.807) is 24.4 Å². The van der Waals surface area contributed by atoms with Crippen molar-refractivity contribution in [2.75, 3.05) is 19.6 Å². The monoisotopic (exact) mass is 407 g/mol. The van der Waals surface area contributed by atoms with Gasteiger partial charge in [0.2, 0.25) is 0 Å². The number of carbonyl (C=O) groups excluding carboxylic acids is 2. The fraction of sp³-hybridized carbons (Fsp3) is 0.458. The van der Waals surface area contributed by atoms with E-state index < -0.39 is 0 Å². The number of benzene rings is 1. The van der Waals surface area contributed by atoms with Gasteiger partial charge >= 0.3 is 0 Å². The molecule has 0 saturated carbocycles. The normalized spacial score (nSPS) is 20.3. The van der Waals surface area contributed by atoms with E-state index in [0.717, 1.165) is 36.8 Å². The Kier molecular flexibility index (Phi) is 5.86. The van der Waals surface area contributed by atoms with Crippen LogP contribution in [0.25, 0.3) is 0 Å². The van der Waals surface area contributed by atoms with E-state index in [9.17, 15) is 9.59 Å². The van der Waals surface area contributed by atoms with Crippen molar-refractivity contribution >= 4 is 11.8 Å². The number of nitrogens with zero attached hydrogens (tertiary/aromatic N) is 2. The van der Waals surface area contributed by atoms with E-state index >= 15 is 0 Å². The first kappa shape index (κ1) is 20.5. The number of nitrogens with one attached hydrogen (secondary N) is 1. The van der Waals surface area contributed by atoms with Crippen LogP contribution in [0.2, 0.25) is 0 Å². The molecule has 30 heavy (non-hydrogen) atoms. The molecule has 2 aliphatic rings. The lowest BCUT2D eigenvalue weighted by Crippen LogP contribution is -2.47. The molecule has 158 valence electrons. The molecule has 1 atom stereocenters. The lowest BCUT2D eigenvalue weighted by molar-refractivity contribution is -0.0712. The molecule has 4 rings (SSSR count). The summed E-state index contributed by atoms with van der Waals surface area (Å²) >= 11 is 0. The minimum Gasteiger partial charge on any atom is -0.370 e. The van der Waals surface area contributed by atoms with E-state index in [1.807, 2.05) is 30.0 Å². The highest BCUT2D eigenvalue weighted by Gasteiger charge is 2.43. The molecule has 2 aromatic rings. The Bertz CT molecular complexity index is 921. The zero-order valence-corrected chi connectivity index (χ0v) is 17.7. The van der Waals surface area contributed by atoms with Crippen molar-refractivity contribution in [2.45, 2.75) is 51.2 Å². The van der Waals surface area contributed by atoms with Gasteiger partial charge in [0.25, 0.3) is 11.8 Å². The Morgan fingerprint density at radius 2 is 1.93 bits per heavy atom. The summed E-state index contributed by atoms with van der Waals surface area (Å²) in [7, 11) is 0. The lowest BCUT2D eigenvalue weighted by atomic mass is 9.88. The Balaban J connectivity index is 1.28. The minimum atomic E-state index is -0.172. The van der Waals surface area contributed by atoms with Crippen LogP contribution in [0.5, 0.6) is 0 Å². The molecule has 0 bridgehead atoms. The van der Waals surface area contributed by atoms with Crippen LogP contribution in [0.1, 0.15) is 57.7 Å². The van der Waals surface area contributed by atoms with Gasteiger partial charge in [0, 0.05) is 31.4 Å². The maximum absolute atomic E-state index is 12.9. The Morgan fingerprint density at radius 3 is 2.63 bits per heavy atom. The van der Waals surface area contributed by atoms with Crippen LogP contribution in [-0.4, -0.2) is 53.0 Å². The van der Waals surface area contributed by atoms with E-state index in [4.69, 9.17) is 4.74 Å². The summed E-state index contributed by atoms with van der Waals surface area (Å²) in [5, 5.41) is 2.93. The van der Waals surface area contributed by atoms with Crippen LogP contribution in [0.3, 0.4) is 0 Å². The van der Waals surface area contributed by atoms with Crippen LogP contribution < -0.4 is 5.32 Å². The number of aromatic nitrogens is 1. The number of carbonyl (C=O) groups is 2. The smallest absolute Gasteiger partial charge is 0.269 e. The summed E-state index contributed by atoms with van der Waals surface area (Å²) in [5.74, 6) is -0.0703. The number of amides is 2. The molecule has 0 aliphatic carbocycles. The number of hydrogen-bond acceptors (Lipinski definition) is 4. The van der Waals surface area contributed by atoms with Crippen LogP contribution in [0.15, 0.2) is 42.6 Å². The van der Waals surface area contributed by atoms with Gasteiger partial charge in [0.1, 0.15) is 5.69 Å². The Labute approximate surface area is 177 Å². The van der Waals surface area contributed by atoms with Crippen LogP contribution in [0.4, 0.5) is 0 Å². The highest BCUT2D eigenvalue weighted by atomic mass is 16.5. The van der Waals surface area contributed by atoms with E-state index in [2.05, 4.69) is 17.2 Å². The molecule has 0 radical (unpaired) electrons. The second kappa shape index (κ2) is 8.56. The molecule has 1 aromatic heterocycles. The lowest BCUT2D eigenvalue weighted by Gasteiger charge is -2.39. The zero-order chi connectivity index (χ0) is 21.1. The van der Waals surface area contributed by atoms with Gasteiger partial charge in [0.15, 0.2) is 0 Å². The van der Waals surface area contributed by atoms with Crippen molar-refractivity contribution in [3.63, 3.8) is 0 Å². The maximum Gasteiger partial charge on any atom is 0.269 e. The van der Waals surface area contributed by atoms with Crippen molar-refractivity contribution in [3.05, 3.63) is 65.0 Å². The third kappa shape index (κ3) is 4.38. The molecular weight excluding hydrogens is 378 g/mol.